The molecule has 3 nitrogen and oxygen atoms in total. The van der Waals surface area contributed by atoms with Crippen LogP contribution in [0.5, 0.6) is 0 Å². The average molecular weight is 275 g/mol. The van der Waals surface area contributed by atoms with Crippen molar-refractivity contribution in [2.45, 2.75) is 32.6 Å². The molecule has 2 rings (SSSR count). The Morgan fingerprint density at radius 2 is 2.05 bits per heavy atom. The van der Waals surface area contributed by atoms with Crippen molar-refractivity contribution in [3.63, 3.8) is 0 Å². The third-order valence-electron chi connectivity index (χ3n) is 3.09. The van der Waals surface area contributed by atoms with E-state index in [0.717, 1.165) is 17.7 Å². The van der Waals surface area contributed by atoms with Crippen molar-refractivity contribution in [1.82, 2.24) is 4.98 Å². The molecule has 1 heterocycles. The van der Waals surface area contributed by atoms with Gasteiger partial charge in [0.1, 0.15) is 10.9 Å². The molecule has 0 bridgehead atoms. The Labute approximate surface area is 116 Å². The van der Waals surface area contributed by atoms with Gasteiger partial charge in [0.2, 0.25) is 0 Å². The van der Waals surface area contributed by atoms with Gasteiger partial charge in [0, 0.05) is 5.38 Å². The van der Waals surface area contributed by atoms with Crippen LogP contribution in [0.2, 0.25) is 0 Å². The largest absolute Gasteiger partial charge is 0.481 e. The van der Waals surface area contributed by atoms with Crippen LogP contribution in [0.25, 0.3) is 0 Å². The number of aromatic nitrogens is 1. The van der Waals surface area contributed by atoms with Gasteiger partial charge in [0.25, 0.3) is 0 Å². The minimum Gasteiger partial charge on any atom is -0.481 e. The van der Waals surface area contributed by atoms with E-state index < -0.39 is 11.9 Å². The number of aryl methyl sites for hydroxylation is 2. The molecule has 1 aromatic carbocycles. The molecule has 4 heteroatoms. The summed E-state index contributed by atoms with van der Waals surface area (Å²) >= 11 is 1.44. The van der Waals surface area contributed by atoms with E-state index in [9.17, 15) is 9.90 Å². The predicted molar refractivity (Wildman–Crippen MR) is 76.8 cm³/mol. The van der Waals surface area contributed by atoms with Crippen molar-refractivity contribution in [3.05, 3.63) is 51.5 Å². The van der Waals surface area contributed by atoms with Crippen LogP contribution in [0.4, 0.5) is 0 Å². The molecule has 0 aliphatic carbocycles. The van der Waals surface area contributed by atoms with Crippen LogP contribution < -0.4 is 0 Å². The van der Waals surface area contributed by atoms with Crippen molar-refractivity contribution in [2.75, 3.05) is 0 Å². The Morgan fingerprint density at radius 3 is 2.58 bits per heavy atom. The number of rotatable bonds is 5. The molecule has 0 saturated heterocycles. The maximum absolute atomic E-state index is 11.4. The van der Waals surface area contributed by atoms with Gasteiger partial charge in [-0.1, -0.05) is 36.8 Å². The van der Waals surface area contributed by atoms with E-state index in [1.165, 1.54) is 16.9 Å². The molecule has 19 heavy (non-hydrogen) atoms. The number of benzene rings is 1. The van der Waals surface area contributed by atoms with Crippen LogP contribution >= 0.6 is 11.3 Å². The number of hydrogen-bond donors (Lipinski definition) is 1. The topological polar surface area (TPSA) is 50.2 Å². The number of carboxylic acid groups (broad SMARTS) is 1. The zero-order valence-corrected chi connectivity index (χ0v) is 11.9. The van der Waals surface area contributed by atoms with E-state index >= 15 is 0 Å². The number of carbonyl (C=O) groups is 1. The third-order valence-corrected chi connectivity index (χ3v) is 4.10. The maximum atomic E-state index is 11.4. The minimum atomic E-state index is -0.808. The second kappa shape index (κ2) is 5.97. The van der Waals surface area contributed by atoms with Gasteiger partial charge >= 0.3 is 5.97 Å². The predicted octanol–water partition coefficient (Wildman–Crippen LogP) is 3.42. The van der Waals surface area contributed by atoms with Gasteiger partial charge in [-0.2, -0.15) is 0 Å². The summed E-state index contributed by atoms with van der Waals surface area (Å²) in [4.78, 5) is 15.8. The Kier molecular flexibility index (Phi) is 4.32. The fourth-order valence-corrected chi connectivity index (χ4v) is 2.88. The Morgan fingerprint density at radius 1 is 1.37 bits per heavy atom. The highest BCUT2D eigenvalue weighted by atomic mass is 32.1. The zero-order valence-electron chi connectivity index (χ0n) is 11.1. The molecule has 0 saturated carbocycles. The van der Waals surface area contributed by atoms with E-state index in [2.05, 4.69) is 4.98 Å². The molecule has 2 aromatic rings. The quantitative estimate of drug-likeness (QED) is 0.909. The lowest BCUT2D eigenvalue weighted by Gasteiger charge is -2.09. The number of aliphatic carboxylic acids is 1. The smallest absolute Gasteiger partial charge is 0.313 e. The highest BCUT2D eigenvalue weighted by Gasteiger charge is 2.23. The molecule has 1 N–H and O–H groups in total. The molecular formula is C15H17NO2S. The van der Waals surface area contributed by atoms with Crippen molar-refractivity contribution in [1.29, 1.82) is 0 Å². The number of thiazole rings is 1. The molecule has 1 unspecified atom stereocenters. The molecule has 0 aliphatic rings. The molecule has 0 spiro atoms. The fourth-order valence-electron chi connectivity index (χ4n) is 1.89. The van der Waals surface area contributed by atoms with Gasteiger partial charge in [-0.25, -0.2) is 4.98 Å². The summed E-state index contributed by atoms with van der Waals surface area (Å²) in [6.07, 6.45) is 1.33. The first-order chi connectivity index (χ1) is 9.10. The number of nitrogens with zero attached hydrogens (tertiary/aromatic N) is 1. The molecule has 0 radical (unpaired) electrons. The Bertz CT molecular complexity index is 560. The maximum Gasteiger partial charge on any atom is 0.313 e. The summed E-state index contributed by atoms with van der Waals surface area (Å²) < 4.78 is 0. The van der Waals surface area contributed by atoms with Crippen molar-refractivity contribution < 1.29 is 9.90 Å². The number of hydrogen-bond acceptors (Lipinski definition) is 3. The molecule has 0 fully saturated rings. The monoisotopic (exact) mass is 275 g/mol. The van der Waals surface area contributed by atoms with Gasteiger partial charge in [0.15, 0.2) is 0 Å². The Balaban J connectivity index is 2.21. The van der Waals surface area contributed by atoms with Crippen LogP contribution in [0, 0.1) is 6.92 Å². The summed E-state index contributed by atoms with van der Waals surface area (Å²) in [7, 11) is 0. The molecular weight excluding hydrogens is 258 g/mol. The summed E-state index contributed by atoms with van der Waals surface area (Å²) in [6.45, 7) is 4.04. The van der Waals surface area contributed by atoms with Crippen molar-refractivity contribution in [3.8, 4) is 0 Å². The Hall–Kier alpha value is -1.68. The summed E-state index contributed by atoms with van der Waals surface area (Å²) in [5.41, 5.74) is 3.18. The van der Waals surface area contributed by atoms with Gasteiger partial charge in [-0.15, -0.1) is 11.3 Å². The lowest BCUT2D eigenvalue weighted by Crippen LogP contribution is -2.14. The van der Waals surface area contributed by atoms with Crippen LogP contribution in [-0.4, -0.2) is 16.1 Å². The molecule has 100 valence electrons. The standard InChI is InChI=1S/C15H17NO2S/c1-3-12-9-19-14(16-12)13(15(17)18)8-11-6-4-10(2)5-7-11/h4-7,9,13H,3,8H2,1-2H3,(H,17,18). The lowest BCUT2D eigenvalue weighted by molar-refractivity contribution is -0.138. The summed E-state index contributed by atoms with van der Waals surface area (Å²) in [5.74, 6) is -1.36. The lowest BCUT2D eigenvalue weighted by atomic mass is 9.99. The summed E-state index contributed by atoms with van der Waals surface area (Å²) in [6, 6.07) is 7.99. The first kappa shape index (κ1) is 13.7. The molecule has 0 aliphatic heterocycles. The van der Waals surface area contributed by atoms with E-state index in [4.69, 9.17) is 0 Å². The van der Waals surface area contributed by atoms with E-state index in [1.54, 1.807) is 0 Å². The fraction of sp³-hybridized carbons (Fsp3) is 0.333. The third kappa shape index (κ3) is 3.41. The van der Waals surface area contributed by atoms with Crippen LogP contribution in [0.15, 0.2) is 29.6 Å². The van der Waals surface area contributed by atoms with Crippen molar-refractivity contribution in [2.24, 2.45) is 0 Å². The van der Waals surface area contributed by atoms with Crippen LogP contribution in [-0.2, 0) is 17.6 Å². The average Bonchev–Trinajstić information content (AvgIpc) is 2.86. The van der Waals surface area contributed by atoms with Gasteiger partial charge in [-0.05, 0) is 25.3 Å². The van der Waals surface area contributed by atoms with Gasteiger partial charge < -0.3 is 5.11 Å². The van der Waals surface area contributed by atoms with E-state index in [0.29, 0.717) is 11.4 Å². The second-order valence-electron chi connectivity index (χ2n) is 4.61. The van der Waals surface area contributed by atoms with Crippen molar-refractivity contribution >= 4 is 17.3 Å². The SMILES string of the molecule is CCc1csc(C(Cc2ccc(C)cc2)C(=O)O)n1. The summed E-state index contributed by atoms with van der Waals surface area (Å²) in [5, 5.41) is 12.0. The highest BCUT2D eigenvalue weighted by Crippen LogP contribution is 2.25. The van der Waals surface area contributed by atoms with E-state index in [1.807, 2.05) is 43.5 Å². The second-order valence-corrected chi connectivity index (χ2v) is 5.50. The van der Waals surface area contributed by atoms with Gasteiger partial charge in [0.05, 0.1) is 5.69 Å². The molecule has 1 atom stereocenters. The molecule has 1 aromatic heterocycles. The van der Waals surface area contributed by atoms with E-state index in [-0.39, 0.29) is 0 Å². The first-order valence-electron chi connectivity index (χ1n) is 6.32. The van der Waals surface area contributed by atoms with Crippen LogP contribution in [0.3, 0.4) is 0 Å². The normalized spacial score (nSPS) is 12.3. The molecule has 0 amide bonds. The minimum absolute atomic E-state index is 0.492. The number of carboxylic acids is 1. The van der Waals surface area contributed by atoms with Crippen LogP contribution in [0.1, 0.15) is 34.7 Å². The van der Waals surface area contributed by atoms with Gasteiger partial charge in [-0.3, -0.25) is 4.79 Å². The zero-order chi connectivity index (χ0) is 13.8. The first-order valence-corrected chi connectivity index (χ1v) is 7.20. The highest BCUT2D eigenvalue weighted by molar-refractivity contribution is 7.09.